The van der Waals surface area contributed by atoms with Gasteiger partial charge in [-0.15, -0.1) is 0 Å². The van der Waals surface area contributed by atoms with Gasteiger partial charge in [0, 0.05) is 18.3 Å². The first-order valence-electron chi connectivity index (χ1n) is 6.06. The Kier molecular flexibility index (Phi) is 5.34. The van der Waals surface area contributed by atoms with Gasteiger partial charge in [-0.25, -0.2) is 4.98 Å². The van der Waals surface area contributed by atoms with Gasteiger partial charge in [0.25, 0.3) is 0 Å². The van der Waals surface area contributed by atoms with Gasteiger partial charge in [-0.05, 0) is 12.8 Å². The Morgan fingerprint density at radius 2 is 2.11 bits per heavy atom. The van der Waals surface area contributed by atoms with Crippen molar-refractivity contribution in [1.82, 2.24) is 4.98 Å². The van der Waals surface area contributed by atoms with E-state index in [9.17, 15) is 10.1 Å². The Labute approximate surface area is 112 Å². The normalized spacial score (nSPS) is 12.5. The summed E-state index contributed by atoms with van der Waals surface area (Å²) in [7, 11) is 0. The highest BCUT2D eigenvalue weighted by Gasteiger charge is 2.20. The van der Waals surface area contributed by atoms with Crippen LogP contribution in [0.1, 0.15) is 33.6 Å². The third kappa shape index (κ3) is 3.57. The van der Waals surface area contributed by atoms with Crippen LogP contribution in [0.3, 0.4) is 0 Å². The van der Waals surface area contributed by atoms with Crippen molar-refractivity contribution in [1.29, 1.82) is 0 Å². The van der Waals surface area contributed by atoms with Crippen molar-refractivity contribution in [3.63, 3.8) is 0 Å². The second-order valence-electron chi connectivity index (χ2n) is 4.29. The van der Waals surface area contributed by atoms with E-state index >= 15 is 0 Å². The summed E-state index contributed by atoms with van der Waals surface area (Å²) in [5.41, 5.74) is -0.0830. The van der Waals surface area contributed by atoms with Gasteiger partial charge >= 0.3 is 5.69 Å². The zero-order valence-corrected chi connectivity index (χ0v) is 11.6. The number of hydrogen-bond acceptors (Lipinski definition) is 4. The standard InChI is InChI=1S/C12H18ClN3O2/c1-4-9(5-2)8(3)15-12-11(16(17)18)6-10(13)7-14-12/h6-9H,4-5H2,1-3H3,(H,14,15). The van der Waals surface area contributed by atoms with Crippen LogP contribution in [-0.2, 0) is 0 Å². The maximum atomic E-state index is 10.9. The van der Waals surface area contributed by atoms with Gasteiger partial charge in [0.1, 0.15) is 0 Å². The molecule has 1 atom stereocenters. The molecule has 1 rings (SSSR count). The SMILES string of the molecule is CCC(CC)C(C)Nc1ncc(Cl)cc1[N+](=O)[O-]. The lowest BCUT2D eigenvalue weighted by atomic mass is 9.95. The van der Waals surface area contributed by atoms with E-state index in [-0.39, 0.29) is 22.6 Å². The molecule has 0 amide bonds. The van der Waals surface area contributed by atoms with Gasteiger partial charge in [-0.1, -0.05) is 38.3 Å². The van der Waals surface area contributed by atoms with Crippen LogP contribution in [0.15, 0.2) is 12.3 Å². The number of hydrogen-bond donors (Lipinski definition) is 1. The van der Waals surface area contributed by atoms with Crippen molar-refractivity contribution in [2.75, 3.05) is 5.32 Å². The van der Waals surface area contributed by atoms with Crippen molar-refractivity contribution in [3.05, 3.63) is 27.4 Å². The maximum Gasteiger partial charge on any atom is 0.312 e. The molecule has 0 spiro atoms. The van der Waals surface area contributed by atoms with E-state index in [2.05, 4.69) is 24.1 Å². The Hall–Kier alpha value is -1.36. The fourth-order valence-corrected chi connectivity index (χ4v) is 2.16. The van der Waals surface area contributed by atoms with Crippen LogP contribution in [0.2, 0.25) is 5.02 Å². The van der Waals surface area contributed by atoms with Gasteiger partial charge < -0.3 is 5.32 Å². The van der Waals surface area contributed by atoms with E-state index < -0.39 is 4.92 Å². The maximum absolute atomic E-state index is 10.9. The Morgan fingerprint density at radius 3 is 2.61 bits per heavy atom. The summed E-state index contributed by atoms with van der Waals surface area (Å²) in [6.45, 7) is 6.23. The molecule has 0 bridgehead atoms. The molecule has 0 saturated carbocycles. The third-order valence-electron chi connectivity index (χ3n) is 3.15. The number of aromatic nitrogens is 1. The number of pyridine rings is 1. The number of rotatable bonds is 6. The lowest BCUT2D eigenvalue weighted by molar-refractivity contribution is -0.384. The molecule has 5 nitrogen and oxygen atoms in total. The van der Waals surface area contributed by atoms with Gasteiger partial charge in [-0.3, -0.25) is 10.1 Å². The Bertz CT molecular complexity index is 422. The lowest BCUT2D eigenvalue weighted by Gasteiger charge is -2.22. The van der Waals surface area contributed by atoms with Crippen molar-refractivity contribution >= 4 is 23.1 Å². The van der Waals surface area contributed by atoms with Crippen molar-refractivity contribution < 1.29 is 4.92 Å². The van der Waals surface area contributed by atoms with E-state index in [0.29, 0.717) is 5.92 Å². The van der Waals surface area contributed by atoms with Gasteiger partial charge in [0.15, 0.2) is 0 Å². The minimum Gasteiger partial charge on any atom is -0.362 e. The summed E-state index contributed by atoms with van der Waals surface area (Å²) in [5, 5.41) is 14.3. The fourth-order valence-electron chi connectivity index (χ4n) is 2.01. The zero-order chi connectivity index (χ0) is 13.7. The molecule has 0 radical (unpaired) electrons. The van der Waals surface area contributed by atoms with Crippen LogP contribution in [-0.4, -0.2) is 15.9 Å². The molecule has 1 aromatic rings. The first-order chi connectivity index (χ1) is 8.49. The summed E-state index contributed by atoms with van der Waals surface area (Å²) >= 11 is 5.72. The van der Waals surface area contributed by atoms with Crippen LogP contribution < -0.4 is 5.32 Å². The van der Waals surface area contributed by atoms with Crippen molar-refractivity contribution in [2.45, 2.75) is 39.7 Å². The van der Waals surface area contributed by atoms with Gasteiger partial charge in [0.2, 0.25) is 5.82 Å². The van der Waals surface area contributed by atoms with Crippen LogP contribution in [0, 0.1) is 16.0 Å². The minimum absolute atomic E-state index is 0.0830. The summed E-state index contributed by atoms with van der Waals surface area (Å²) < 4.78 is 0. The van der Waals surface area contributed by atoms with E-state index in [0.717, 1.165) is 12.8 Å². The number of nitrogens with one attached hydrogen (secondary N) is 1. The average Bonchev–Trinajstić information content (AvgIpc) is 2.32. The zero-order valence-electron chi connectivity index (χ0n) is 10.8. The highest BCUT2D eigenvalue weighted by molar-refractivity contribution is 6.30. The monoisotopic (exact) mass is 271 g/mol. The molecule has 0 fully saturated rings. The lowest BCUT2D eigenvalue weighted by Crippen LogP contribution is -2.25. The smallest absolute Gasteiger partial charge is 0.312 e. The molecule has 18 heavy (non-hydrogen) atoms. The highest BCUT2D eigenvalue weighted by atomic mass is 35.5. The summed E-state index contributed by atoms with van der Waals surface area (Å²) in [5.74, 6) is 0.742. The predicted molar refractivity (Wildman–Crippen MR) is 73.1 cm³/mol. The molecule has 0 aliphatic heterocycles. The molecule has 1 unspecified atom stereocenters. The van der Waals surface area contributed by atoms with Crippen LogP contribution in [0.25, 0.3) is 0 Å². The molecular weight excluding hydrogens is 254 g/mol. The molecule has 100 valence electrons. The van der Waals surface area contributed by atoms with E-state index in [1.54, 1.807) is 0 Å². The van der Waals surface area contributed by atoms with E-state index in [1.165, 1.54) is 12.3 Å². The van der Waals surface area contributed by atoms with Crippen LogP contribution in [0.4, 0.5) is 11.5 Å². The van der Waals surface area contributed by atoms with Crippen molar-refractivity contribution in [2.24, 2.45) is 5.92 Å². The molecule has 0 aromatic carbocycles. The second kappa shape index (κ2) is 6.54. The molecule has 1 N–H and O–H groups in total. The third-order valence-corrected chi connectivity index (χ3v) is 3.36. The molecule has 1 aromatic heterocycles. The van der Waals surface area contributed by atoms with E-state index in [1.807, 2.05) is 6.92 Å². The van der Waals surface area contributed by atoms with Gasteiger partial charge in [0.05, 0.1) is 9.95 Å². The second-order valence-corrected chi connectivity index (χ2v) is 4.72. The molecule has 0 saturated heterocycles. The Morgan fingerprint density at radius 1 is 1.50 bits per heavy atom. The first-order valence-corrected chi connectivity index (χ1v) is 6.43. The number of nitrogens with zero attached hydrogens (tertiary/aromatic N) is 2. The average molecular weight is 272 g/mol. The number of anilines is 1. The topological polar surface area (TPSA) is 68.1 Å². The fraction of sp³-hybridized carbons (Fsp3) is 0.583. The van der Waals surface area contributed by atoms with E-state index in [4.69, 9.17) is 11.6 Å². The number of nitro groups is 1. The van der Waals surface area contributed by atoms with Crippen LogP contribution >= 0.6 is 11.6 Å². The first kappa shape index (κ1) is 14.7. The highest BCUT2D eigenvalue weighted by Crippen LogP contribution is 2.27. The molecule has 1 heterocycles. The summed E-state index contributed by atoms with van der Waals surface area (Å²) in [6, 6.07) is 1.45. The summed E-state index contributed by atoms with van der Waals surface area (Å²) in [4.78, 5) is 14.5. The molecule has 0 aliphatic carbocycles. The quantitative estimate of drug-likeness (QED) is 0.630. The van der Waals surface area contributed by atoms with Crippen LogP contribution in [0.5, 0.6) is 0 Å². The van der Waals surface area contributed by atoms with Gasteiger partial charge in [-0.2, -0.15) is 0 Å². The minimum atomic E-state index is -0.471. The largest absolute Gasteiger partial charge is 0.362 e. The Balaban J connectivity index is 2.93. The summed E-state index contributed by atoms with van der Waals surface area (Å²) in [6.07, 6.45) is 3.45. The molecular formula is C12H18ClN3O2. The predicted octanol–water partition coefficient (Wildman–Crippen LogP) is 3.88. The number of halogens is 1. The molecule has 0 aliphatic rings. The van der Waals surface area contributed by atoms with Crippen molar-refractivity contribution in [3.8, 4) is 0 Å². The molecule has 6 heteroatoms.